The number of likely N-dealkylation sites (tertiary alicyclic amines) is 1. The first-order chi connectivity index (χ1) is 19.1. The predicted molar refractivity (Wildman–Crippen MR) is 150 cm³/mol. The number of aldehydes is 1. The van der Waals surface area contributed by atoms with Gasteiger partial charge in [0.15, 0.2) is 6.29 Å². The quantitative estimate of drug-likeness (QED) is 0.407. The highest BCUT2D eigenvalue weighted by Gasteiger charge is 2.28. The lowest BCUT2D eigenvalue weighted by Crippen LogP contribution is -2.40. The number of hydrogen-bond acceptors (Lipinski definition) is 6. The largest absolute Gasteiger partial charge is 0.496 e. The minimum atomic E-state index is -0.451. The predicted octanol–water partition coefficient (Wildman–Crippen LogP) is 5.17. The highest BCUT2D eigenvalue weighted by atomic mass is 16.6. The molecule has 8 nitrogen and oxygen atoms in total. The van der Waals surface area contributed by atoms with E-state index in [0.717, 1.165) is 61.0 Å². The number of nitrogens with one attached hydrogen (secondary N) is 1. The van der Waals surface area contributed by atoms with Gasteiger partial charge >= 0.3 is 6.09 Å². The van der Waals surface area contributed by atoms with E-state index in [9.17, 15) is 14.4 Å². The molecular formula is C31H33N3O5. The summed E-state index contributed by atoms with van der Waals surface area (Å²) in [5.74, 6) is 0.544. The van der Waals surface area contributed by atoms with Crippen LogP contribution in [0.1, 0.15) is 35.2 Å². The summed E-state index contributed by atoms with van der Waals surface area (Å²) in [6.45, 7) is 2.79. The standard InChI is InChI=1S/C31H33N3O5/c1-38-29-20-28-23(19-24(29)21-35)11-18-34(28)30(36)14-17-33-15-12-25(13-16-33)39-31(37)32-27-10-6-5-9-26(27)22-7-3-2-4-8-22/h2-10,19-21,25H,11-18H2,1H3,(H,32,37). The van der Waals surface area contributed by atoms with Crippen LogP contribution >= 0.6 is 0 Å². The maximum atomic E-state index is 13.0. The van der Waals surface area contributed by atoms with Crippen molar-refractivity contribution in [3.05, 3.63) is 77.9 Å². The normalized spacial score (nSPS) is 15.5. The second-order valence-electron chi connectivity index (χ2n) is 9.87. The van der Waals surface area contributed by atoms with Crippen LogP contribution in [0, 0.1) is 0 Å². The number of carbonyl (C=O) groups is 3. The fourth-order valence-electron chi connectivity index (χ4n) is 5.36. The zero-order valence-corrected chi connectivity index (χ0v) is 22.1. The molecule has 8 heteroatoms. The average molecular weight is 528 g/mol. The number of fused-ring (bicyclic) bond motifs is 1. The van der Waals surface area contributed by atoms with Gasteiger partial charge in [0.1, 0.15) is 11.9 Å². The van der Waals surface area contributed by atoms with E-state index in [1.54, 1.807) is 11.0 Å². The number of ether oxygens (including phenoxy) is 2. The second-order valence-corrected chi connectivity index (χ2v) is 9.87. The summed E-state index contributed by atoms with van der Waals surface area (Å²) >= 11 is 0. The Morgan fingerprint density at radius 1 is 1.00 bits per heavy atom. The first-order valence-corrected chi connectivity index (χ1v) is 13.4. The molecule has 2 amide bonds. The van der Waals surface area contributed by atoms with E-state index in [2.05, 4.69) is 10.2 Å². The Morgan fingerprint density at radius 2 is 1.74 bits per heavy atom. The van der Waals surface area contributed by atoms with E-state index >= 15 is 0 Å². The number of para-hydroxylation sites is 1. The third-order valence-corrected chi connectivity index (χ3v) is 7.45. The molecular weight excluding hydrogens is 494 g/mol. The molecule has 0 aliphatic carbocycles. The van der Waals surface area contributed by atoms with E-state index in [1.807, 2.05) is 60.7 Å². The smallest absolute Gasteiger partial charge is 0.411 e. The summed E-state index contributed by atoms with van der Waals surface area (Å²) in [7, 11) is 1.52. The van der Waals surface area contributed by atoms with Crippen molar-refractivity contribution in [1.29, 1.82) is 0 Å². The molecule has 0 bridgehead atoms. The van der Waals surface area contributed by atoms with Crippen molar-refractivity contribution in [2.24, 2.45) is 0 Å². The van der Waals surface area contributed by atoms with Gasteiger partial charge in [-0.15, -0.1) is 0 Å². The van der Waals surface area contributed by atoms with E-state index in [-0.39, 0.29) is 12.0 Å². The van der Waals surface area contributed by atoms with Crippen LogP contribution in [-0.2, 0) is 16.0 Å². The average Bonchev–Trinajstić information content (AvgIpc) is 3.39. The number of rotatable bonds is 8. The third-order valence-electron chi connectivity index (χ3n) is 7.45. The van der Waals surface area contributed by atoms with Crippen molar-refractivity contribution in [3.8, 4) is 16.9 Å². The fourth-order valence-corrected chi connectivity index (χ4v) is 5.36. The molecule has 1 N–H and O–H groups in total. The van der Waals surface area contributed by atoms with Gasteiger partial charge in [-0.05, 0) is 42.5 Å². The first-order valence-electron chi connectivity index (χ1n) is 13.4. The van der Waals surface area contributed by atoms with Gasteiger partial charge in [-0.1, -0.05) is 48.5 Å². The number of benzene rings is 3. The van der Waals surface area contributed by atoms with Gasteiger partial charge in [-0.25, -0.2) is 4.79 Å². The molecule has 2 heterocycles. The van der Waals surface area contributed by atoms with Crippen LogP contribution in [0.15, 0.2) is 66.7 Å². The van der Waals surface area contributed by atoms with Gasteiger partial charge in [0.2, 0.25) is 5.91 Å². The van der Waals surface area contributed by atoms with Crippen molar-refractivity contribution in [3.63, 3.8) is 0 Å². The summed E-state index contributed by atoms with van der Waals surface area (Å²) in [6.07, 6.45) is 2.75. The van der Waals surface area contributed by atoms with Crippen molar-refractivity contribution >= 4 is 29.7 Å². The van der Waals surface area contributed by atoms with E-state index in [1.165, 1.54) is 7.11 Å². The lowest BCUT2D eigenvalue weighted by atomic mass is 10.0. The Kier molecular flexibility index (Phi) is 8.22. The molecule has 3 aromatic carbocycles. The van der Waals surface area contributed by atoms with Gasteiger partial charge in [-0.2, -0.15) is 0 Å². The van der Waals surface area contributed by atoms with Crippen molar-refractivity contribution in [1.82, 2.24) is 4.90 Å². The third kappa shape index (κ3) is 6.12. The number of piperidine rings is 1. The van der Waals surface area contributed by atoms with E-state index < -0.39 is 6.09 Å². The monoisotopic (exact) mass is 527 g/mol. The molecule has 1 fully saturated rings. The molecule has 0 atom stereocenters. The van der Waals surface area contributed by atoms with Gasteiger partial charge in [0.05, 0.1) is 24.0 Å². The van der Waals surface area contributed by atoms with Crippen LogP contribution in [0.3, 0.4) is 0 Å². The molecule has 39 heavy (non-hydrogen) atoms. The Balaban J connectivity index is 1.09. The number of hydrogen-bond donors (Lipinski definition) is 1. The zero-order valence-electron chi connectivity index (χ0n) is 22.1. The number of methoxy groups -OCH3 is 1. The lowest BCUT2D eigenvalue weighted by Gasteiger charge is -2.31. The van der Waals surface area contributed by atoms with Crippen LogP contribution in [0.2, 0.25) is 0 Å². The second kappa shape index (κ2) is 12.1. The molecule has 0 unspecified atom stereocenters. The molecule has 202 valence electrons. The van der Waals surface area contributed by atoms with Gasteiger partial charge < -0.3 is 19.3 Å². The summed E-state index contributed by atoms with van der Waals surface area (Å²) in [6, 6.07) is 21.2. The fraction of sp³-hybridized carbons (Fsp3) is 0.323. The van der Waals surface area contributed by atoms with Crippen molar-refractivity contribution in [2.45, 2.75) is 31.8 Å². The highest BCUT2D eigenvalue weighted by Crippen LogP contribution is 2.34. The molecule has 3 aromatic rings. The summed E-state index contributed by atoms with van der Waals surface area (Å²) in [4.78, 5) is 41.0. The van der Waals surface area contributed by atoms with Gasteiger partial charge in [0, 0.05) is 44.2 Å². The SMILES string of the molecule is COc1cc2c(cc1C=O)CCN2C(=O)CCN1CCC(OC(=O)Nc2ccccc2-c2ccccc2)CC1. The summed E-state index contributed by atoms with van der Waals surface area (Å²) in [5, 5.41) is 2.91. The molecule has 2 aliphatic heterocycles. The van der Waals surface area contributed by atoms with E-state index in [0.29, 0.717) is 36.5 Å². The van der Waals surface area contributed by atoms with Gasteiger partial charge in [0.25, 0.3) is 0 Å². The van der Waals surface area contributed by atoms with Crippen LogP contribution in [0.25, 0.3) is 11.1 Å². The molecule has 2 aliphatic rings. The zero-order chi connectivity index (χ0) is 27.2. The maximum Gasteiger partial charge on any atom is 0.411 e. The number of nitrogens with zero attached hydrogens (tertiary/aromatic N) is 2. The molecule has 0 radical (unpaired) electrons. The molecule has 0 aromatic heterocycles. The highest BCUT2D eigenvalue weighted by molar-refractivity contribution is 5.97. The minimum Gasteiger partial charge on any atom is -0.496 e. The minimum absolute atomic E-state index is 0.0597. The summed E-state index contributed by atoms with van der Waals surface area (Å²) in [5.41, 5.74) is 5.01. The molecule has 5 rings (SSSR count). The van der Waals surface area contributed by atoms with Crippen LogP contribution in [0.5, 0.6) is 5.75 Å². The lowest BCUT2D eigenvalue weighted by molar-refractivity contribution is -0.118. The van der Waals surface area contributed by atoms with Crippen molar-refractivity contribution < 1.29 is 23.9 Å². The number of carbonyl (C=O) groups excluding carboxylic acids is 3. The van der Waals surface area contributed by atoms with Crippen LogP contribution < -0.4 is 15.0 Å². The van der Waals surface area contributed by atoms with Crippen LogP contribution in [-0.4, -0.2) is 62.6 Å². The maximum absolute atomic E-state index is 13.0. The Hall–Kier alpha value is -4.17. The first kappa shape index (κ1) is 26.4. The Labute approximate surface area is 228 Å². The number of amides is 2. The van der Waals surface area contributed by atoms with Crippen LogP contribution in [0.4, 0.5) is 16.2 Å². The summed E-state index contributed by atoms with van der Waals surface area (Å²) < 4.78 is 11.1. The Bertz CT molecular complexity index is 1340. The van der Waals surface area contributed by atoms with E-state index in [4.69, 9.17) is 9.47 Å². The molecule has 1 saturated heterocycles. The topological polar surface area (TPSA) is 88.2 Å². The molecule has 0 saturated carbocycles. The molecule has 0 spiro atoms. The Morgan fingerprint density at radius 3 is 2.49 bits per heavy atom. The number of anilines is 2. The van der Waals surface area contributed by atoms with Crippen molar-refractivity contribution in [2.75, 3.05) is 43.5 Å². The van der Waals surface area contributed by atoms with Gasteiger partial charge in [-0.3, -0.25) is 14.9 Å².